The number of aromatic nitrogens is 4. The van der Waals surface area contributed by atoms with Crippen LogP contribution in [0, 0.1) is 0 Å². The molecule has 10 heteroatoms. The Morgan fingerprint density at radius 1 is 0.917 bits per heavy atom. The Hall–Kier alpha value is -2.87. The van der Waals surface area contributed by atoms with Crippen LogP contribution in [0.3, 0.4) is 0 Å². The van der Waals surface area contributed by atoms with Gasteiger partial charge in [0, 0.05) is 26.6 Å². The van der Waals surface area contributed by atoms with Crippen molar-refractivity contribution in [2.75, 3.05) is 0 Å². The average molecular weight is 547 g/mol. The maximum Gasteiger partial charge on any atom is 0.269 e. The highest BCUT2D eigenvalue weighted by atomic mass is 35.5. The largest absolute Gasteiger partial charge is 0.419 e. The molecule has 0 fully saturated rings. The lowest BCUT2D eigenvalue weighted by Gasteiger charge is -2.21. The molecule has 7 nitrogen and oxygen atoms in total. The minimum Gasteiger partial charge on any atom is -0.419 e. The molecule has 0 aliphatic heterocycles. The van der Waals surface area contributed by atoms with Gasteiger partial charge in [-0.25, -0.2) is 4.68 Å². The first-order valence-corrected chi connectivity index (χ1v) is 12.4. The molecule has 1 N–H and O–H groups in total. The molecule has 1 amide bonds. The molecular weight excluding hydrogens is 521 g/mol. The summed E-state index contributed by atoms with van der Waals surface area (Å²) < 4.78 is 7.60. The first-order valence-electron chi connectivity index (χ1n) is 11.3. The molecule has 0 atom stereocenters. The number of hydrogen-bond donors (Lipinski definition) is 1. The summed E-state index contributed by atoms with van der Waals surface area (Å²) in [6.07, 6.45) is 0. The summed E-state index contributed by atoms with van der Waals surface area (Å²) in [5.74, 6) is 0.194. The first kappa shape index (κ1) is 26.2. The molecule has 0 spiro atoms. The van der Waals surface area contributed by atoms with Gasteiger partial charge in [-0.15, -0.1) is 10.2 Å². The highest BCUT2D eigenvalue weighted by Crippen LogP contribution is 2.37. The molecule has 2 aromatic carbocycles. The first-order chi connectivity index (χ1) is 16.7. The Morgan fingerprint density at radius 3 is 2.11 bits per heavy atom. The van der Waals surface area contributed by atoms with Crippen molar-refractivity contribution in [2.24, 2.45) is 0 Å². The van der Waals surface area contributed by atoms with Crippen LogP contribution in [0.5, 0.6) is 0 Å². The third kappa shape index (κ3) is 5.43. The lowest BCUT2D eigenvalue weighted by molar-refractivity contribution is 0.0920. The number of rotatable bonds is 4. The number of carbonyl (C=O) groups is 1. The second-order valence-electron chi connectivity index (χ2n) is 10.5. The predicted octanol–water partition coefficient (Wildman–Crippen LogP) is 7.38. The Bertz CT molecular complexity index is 1430. The maximum absolute atomic E-state index is 13.8. The summed E-state index contributed by atoms with van der Waals surface area (Å²) in [7, 11) is 0. The van der Waals surface area contributed by atoms with Crippen molar-refractivity contribution >= 4 is 40.7 Å². The molecule has 0 saturated carbocycles. The van der Waals surface area contributed by atoms with Crippen LogP contribution in [0.4, 0.5) is 0 Å². The molecule has 2 aromatic heterocycles. The maximum atomic E-state index is 13.8. The highest BCUT2D eigenvalue weighted by Gasteiger charge is 2.33. The number of halogens is 3. The zero-order valence-electron chi connectivity index (χ0n) is 20.8. The van der Waals surface area contributed by atoms with Gasteiger partial charge in [-0.1, -0.05) is 67.7 Å². The summed E-state index contributed by atoms with van der Waals surface area (Å²) in [6.45, 7) is 11.6. The van der Waals surface area contributed by atoms with E-state index in [1.807, 2.05) is 53.7 Å². The fourth-order valence-corrected chi connectivity index (χ4v) is 4.12. The van der Waals surface area contributed by atoms with Crippen LogP contribution in [0.2, 0.25) is 15.1 Å². The zero-order valence-corrected chi connectivity index (χ0v) is 23.0. The minimum absolute atomic E-state index is 0.123. The standard InChI is InChI=1S/C26H26Cl3N5O2/c1-25(2,3)24-32-31-23(36-24)20-19(22(35)30-26(4,5)6)21(14-7-9-15(27)10-8-14)34(33-20)18-12-11-16(28)13-17(18)29/h7-13H,1-6H3,(H,30,35). The lowest BCUT2D eigenvalue weighted by Crippen LogP contribution is -2.40. The van der Waals surface area contributed by atoms with Gasteiger partial charge in [-0.3, -0.25) is 4.79 Å². The van der Waals surface area contributed by atoms with Crippen LogP contribution in [0.1, 0.15) is 57.8 Å². The number of benzene rings is 2. The number of nitrogens with one attached hydrogen (secondary N) is 1. The van der Waals surface area contributed by atoms with E-state index < -0.39 is 5.54 Å². The van der Waals surface area contributed by atoms with Gasteiger partial charge in [0.15, 0.2) is 5.69 Å². The summed E-state index contributed by atoms with van der Waals surface area (Å²) in [5, 5.41) is 17.6. The third-order valence-electron chi connectivity index (χ3n) is 5.13. The van der Waals surface area contributed by atoms with Crippen molar-refractivity contribution in [3.05, 3.63) is 69.0 Å². The van der Waals surface area contributed by atoms with Crippen LogP contribution < -0.4 is 5.32 Å². The Kier molecular flexibility index (Phi) is 6.94. The molecule has 36 heavy (non-hydrogen) atoms. The molecule has 0 radical (unpaired) electrons. The molecule has 2 heterocycles. The molecule has 0 aliphatic rings. The molecule has 0 bridgehead atoms. The van der Waals surface area contributed by atoms with Crippen molar-refractivity contribution in [2.45, 2.75) is 52.5 Å². The smallest absolute Gasteiger partial charge is 0.269 e. The van der Waals surface area contributed by atoms with E-state index in [1.54, 1.807) is 35.0 Å². The van der Waals surface area contributed by atoms with Crippen molar-refractivity contribution in [1.29, 1.82) is 0 Å². The van der Waals surface area contributed by atoms with E-state index in [1.165, 1.54) is 0 Å². The van der Waals surface area contributed by atoms with Gasteiger partial charge in [-0.2, -0.15) is 5.10 Å². The Morgan fingerprint density at radius 2 is 1.56 bits per heavy atom. The fourth-order valence-electron chi connectivity index (χ4n) is 3.51. The van der Waals surface area contributed by atoms with Gasteiger partial charge in [0.25, 0.3) is 11.8 Å². The third-order valence-corrected chi connectivity index (χ3v) is 5.92. The topological polar surface area (TPSA) is 85.8 Å². The van der Waals surface area contributed by atoms with Gasteiger partial charge >= 0.3 is 0 Å². The van der Waals surface area contributed by atoms with Crippen LogP contribution in [-0.4, -0.2) is 31.4 Å². The van der Waals surface area contributed by atoms with Crippen molar-refractivity contribution < 1.29 is 9.21 Å². The molecule has 4 rings (SSSR count). The van der Waals surface area contributed by atoms with E-state index in [4.69, 9.17) is 44.3 Å². The van der Waals surface area contributed by atoms with Gasteiger partial charge in [-0.05, 0) is 51.1 Å². The molecule has 188 valence electrons. The quantitative estimate of drug-likeness (QED) is 0.289. The van der Waals surface area contributed by atoms with Gasteiger partial charge in [0.05, 0.1) is 22.0 Å². The monoisotopic (exact) mass is 545 g/mol. The lowest BCUT2D eigenvalue weighted by atomic mass is 9.97. The van der Waals surface area contributed by atoms with Crippen molar-refractivity contribution in [1.82, 2.24) is 25.3 Å². The van der Waals surface area contributed by atoms with Crippen LogP contribution >= 0.6 is 34.8 Å². The molecule has 0 unspecified atom stereocenters. The number of nitrogens with zero attached hydrogens (tertiary/aromatic N) is 4. The summed E-state index contributed by atoms with van der Waals surface area (Å²) in [5.41, 5.74) is 1.30. The Labute approximate surface area is 224 Å². The SMILES string of the molecule is CC(C)(C)NC(=O)c1c(-c2nnc(C(C)(C)C)o2)nn(-c2ccc(Cl)cc2Cl)c1-c1ccc(Cl)cc1. The van der Waals surface area contributed by atoms with Crippen molar-refractivity contribution in [3.8, 4) is 28.5 Å². The highest BCUT2D eigenvalue weighted by molar-refractivity contribution is 6.35. The van der Waals surface area contributed by atoms with E-state index in [0.717, 1.165) is 0 Å². The molecule has 0 aliphatic carbocycles. The molecular formula is C26H26Cl3N5O2. The van der Waals surface area contributed by atoms with E-state index in [2.05, 4.69) is 15.5 Å². The summed E-state index contributed by atoms with van der Waals surface area (Å²) in [4.78, 5) is 13.8. The number of amides is 1. The van der Waals surface area contributed by atoms with Crippen molar-refractivity contribution in [3.63, 3.8) is 0 Å². The van der Waals surface area contributed by atoms with Crippen LogP contribution in [-0.2, 0) is 5.41 Å². The van der Waals surface area contributed by atoms with Gasteiger partial charge in [0.2, 0.25) is 5.89 Å². The van der Waals surface area contributed by atoms with E-state index in [9.17, 15) is 4.79 Å². The summed E-state index contributed by atoms with van der Waals surface area (Å²) in [6, 6.07) is 12.2. The second-order valence-corrected chi connectivity index (χ2v) is 11.7. The second kappa shape index (κ2) is 9.54. The van der Waals surface area contributed by atoms with Gasteiger partial charge < -0.3 is 9.73 Å². The zero-order chi connectivity index (χ0) is 26.4. The van der Waals surface area contributed by atoms with E-state index in [0.29, 0.717) is 37.9 Å². The molecule has 4 aromatic rings. The van der Waals surface area contributed by atoms with Gasteiger partial charge in [0.1, 0.15) is 0 Å². The fraction of sp³-hybridized carbons (Fsp3) is 0.308. The van der Waals surface area contributed by atoms with Crippen LogP contribution in [0.25, 0.3) is 28.5 Å². The predicted molar refractivity (Wildman–Crippen MR) is 143 cm³/mol. The number of carbonyl (C=O) groups excluding carboxylic acids is 1. The Balaban J connectivity index is 2.07. The summed E-state index contributed by atoms with van der Waals surface area (Å²) >= 11 is 18.9. The average Bonchev–Trinajstić information content (AvgIpc) is 3.38. The van der Waals surface area contributed by atoms with E-state index >= 15 is 0 Å². The number of hydrogen-bond acceptors (Lipinski definition) is 5. The normalized spacial score (nSPS) is 12.1. The minimum atomic E-state index is -0.517. The van der Waals surface area contributed by atoms with Crippen LogP contribution in [0.15, 0.2) is 46.9 Å². The molecule has 0 saturated heterocycles. The van der Waals surface area contributed by atoms with E-state index in [-0.39, 0.29) is 28.5 Å².